The number of rotatable bonds is 5. The van der Waals surface area contributed by atoms with Crippen LogP contribution in [0, 0.1) is 12.7 Å². The average molecular weight is 408 g/mol. The lowest BCUT2D eigenvalue weighted by atomic mass is 10.1. The molecule has 8 heteroatoms. The molecule has 0 aliphatic rings. The highest BCUT2D eigenvalue weighted by Gasteiger charge is 2.18. The van der Waals surface area contributed by atoms with E-state index in [1.807, 2.05) is 19.1 Å². The van der Waals surface area contributed by atoms with Crippen LogP contribution in [-0.2, 0) is 9.59 Å². The minimum atomic E-state index is -0.930. The number of aryl methyl sites for hydroxylation is 1. The van der Waals surface area contributed by atoms with Crippen LogP contribution in [0.4, 0.5) is 15.8 Å². The summed E-state index contributed by atoms with van der Waals surface area (Å²) >= 11 is 0. The molecule has 0 bridgehead atoms. The molecular formula is C22H21FN4O3. The zero-order valence-electron chi connectivity index (χ0n) is 16.8. The summed E-state index contributed by atoms with van der Waals surface area (Å²) in [6.07, 6.45) is 0. The van der Waals surface area contributed by atoms with Gasteiger partial charge in [0.1, 0.15) is 11.9 Å². The monoisotopic (exact) mass is 408 g/mol. The molecule has 2 aromatic carbocycles. The Morgan fingerprint density at radius 3 is 2.53 bits per heavy atom. The van der Waals surface area contributed by atoms with E-state index >= 15 is 0 Å². The van der Waals surface area contributed by atoms with Crippen LogP contribution >= 0.6 is 0 Å². The molecule has 0 radical (unpaired) electrons. The number of hydrogen-bond donors (Lipinski definition) is 2. The maximum absolute atomic E-state index is 13.3. The molecule has 0 fully saturated rings. The third kappa shape index (κ3) is 4.78. The van der Waals surface area contributed by atoms with Gasteiger partial charge in [0.25, 0.3) is 5.56 Å². The van der Waals surface area contributed by atoms with Gasteiger partial charge in [-0.05, 0) is 49.7 Å². The molecule has 1 aromatic heterocycles. The van der Waals surface area contributed by atoms with Crippen molar-refractivity contribution in [2.24, 2.45) is 0 Å². The zero-order valence-corrected chi connectivity index (χ0v) is 16.8. The summed E-state index contributed by atoms with van der Waals surface area (Å²) in [5, 5.41) is 9.66. The van der Waals surface area contributed by atoms with Crippen molar-refractivity contribution in [1.29, 1.82) is 0 Å². The van der Waals surface area contributed by atoms with Crippen molar-refractivity contribution in [1.82, 2.24) is 9.78 Å². The van der Waals surface area contributed by atoms with Crippen LogP contribution in [0.25, 0.3) is 11.3 Å². The van der Waals surface area contributed by atoms with E-state index < -0.39 is 23.3 Å². The van der Waals surface area contributed by atoms with Crippen LogP contribution in [0.1, 0.15) is 25.5 Å². The minimum absolute atomic E-state index is 0.198. The molecule has 0 aliphatic heterocycles. The van der Waals surface area contributed by atoms with Gasteiger partial charge < -0.3 is 10.6 Å². The first-order valence-corrected chi connectivity index (χ1v) is 9.29. The topological polar surface area (TPSA) is 93.1 Å². The van der Waals surface area contributed by atoms with Crippen molar-refractivity contribution in [2.75, 3.05) is 10.6 Å². The van der Waals surface area contributed by atoms with Crippen molar-refractivity contribution in [3.05, 3.63) is 76.3 Å². The van der Waals surface area contributed by atoms with Gasteiger partial charge in [-0.3, -0.25) is 14.4 Å². The van der Waals surface area contributed by atoms with E-state index in [1.165, 1.54) is 38.1 Å². The number of anilines is 2. The predicted molar refractivity (Wildman–Crippen MR) is 113 cm³/mol. The molecule has 0 unspecified atom stereocenters. The van der Waals surface area contributed by atoms with Gasteiger partial charge in [0.15, 0.2) is 0 Å². The Hall–Kier alpha value is -3.81. The fourth-order valence-electron chi connectivity index (χ4n) is 2.89. The van der Waals surface area contributed by atoms with Crippen molar-refractivity contribution in [3.63, 3.8) is 0 Å². The predicted octanol–water partition coefficient (Wildman–Crippen LogP) is 3.52. The molecule has 0 spiro atoms. The molecule has 0 saturated heterocycles. The van der Waals surface area contributed by atoms with Crippen molar-refractivity contribution < 1.29 is 14.0 Å². The van der Waals surface area contributed by atoms with Crippen LogP contribution in [-0.4, -0.2) is 21.6 Å². The van der Waals surface area contributed by atoms with Gasteiger partial charge in [-0.25, -0.2) is 9.07 Å². The van der Waals surface area contributed by atoms with Gasteiger partial charge in [0.2, 0.25) is 11.8 Å². The van der Waals surface area contributed by atoms with Gasteiger partial charge in [-0.15, -0.1) is 0 Å². The molecule has 0 saturated carbocycles. The van der Waals surface area contributed by atoms with E-state index in [4.69, 9.17) is 0 Å². The Bertz CT molecular complexity index is 1170. The van der Waals surface area contributed by atoms with Gasteiger partial charge in [0.05, 0.1) is 5.69 Å². The highest BCUT2D eigenvalue weighted by Crippen LogP contribution is 2.24. The highest BCUT2D eigenvalue weighted by molar-refractivity contribution is 5.93. The highest BCUT2D eigenvalue weighted by atomic mass is 19.1. The molecular weight excluding hydrogens is 387 g/mol. The number of amides is 2. The molecule has 7 nitrogen and oxygen atoms in total. The van der Waals surface area contributed by atoms with E-state index in [0.29, 0.717) is 16.9 Å². The minimum Gasteiger partial charge on any atom is -0.326 e. The largest absolute Gasteiger partial charge is 0.326 e. The SMILES string of the molecule is CC(=O)Nc1cc(-c2ccc(=O)n([C@H](C)C(=O)Nc3cccc(F)c3)n2)ccc1C. The number of benzene rings is 2. The standard InChI is InChI=1S/C22H21FN4O3/c1-13-7-8-16(11-20(13)24-15(3)28)19-9-10-21(29)27(26-19)14(2)22(30)25-18-6-4-5-17(23)12-18/h4-12,14H,1-3H3,(H,24,28)(H,25,30)/t14-/m1/s1. The number of carbonyl (C=O) groups excluding carboxylic acids is 2. The lowest BCUT2D eigenvalue weighted by molar-refractivity contribution is -0.119. The summed E-state index contributed by atoms with van der Waals surface area (Å²) in [5.74, 6) is -1.18. The molecule has 3 rings (SSSR count). The quantitative estimate of drug-likeness (QED) is 0.676. The van der Waals surface area contributed by atoms with Gasteiger partial charge in [-0.2, -0.15) is 5.10 Å². The average Bonchev–Trinajstić information content (AvgIpc) is 2.69. The first-order valence-electron chi connectivity index (χ1n) is 9.29. The van der Waals surface area contributed by atoms with Gasteiger partial charge in [-0.1, -0.05) is 18.2 Å². The first-order chi connectivity index (χ1) is 14.2. The molecule has 154 valence electrons. The Labute approximate surface area is 172 Å². The summed E-state index contributed by atoms with van der Waals surface area (Å²) < 4.78 is 14.4. The van der Waals surface area contributed by atoms with Crippen molar-refractivity contribution in [2.45, 2.75) is 26.8 Å². The second-order valence-electron chi connectivity index (χ2n) is 6.89. The fourth-order valence-corrected chi connectivity index (χ4v) is 2.89. The lowest BCUT2D eigenvalue weighted by Gasteiger charge is -2.15. The lowest BCUT2D eigenvalue weighted by Crippen LogP contribution is -2.33. The Morgan fingerprint density at radius 2 is 1.83 bits per heavy atom. The summed E-state index contributed by atoms with van der Waals surface area (Å²) in [4.78, 5) is 36.3. The van der Waals surface area contributed by atoms with E-state index in [1.54, 1.807) is 18.2 Å². The van der Waals surface area contributed by atoms with Crippen molar-refractivity contribution in [3.8, 4) is 11.3 Å². The summed E-state index contributed by atoms with van der Waals surface area (Å²) in [7, 11) is 0. The smallest absolute Gasteiger partial charge is 0.267 e. The zero-order chi connectivity index (χ0) is 21.8. The third-order valence-corrected chi connectivity index (χ3v) is 4.51. The second-order valence-corrected chi connectivity index (χ2v) is 6.89. The van der Waals surface area contributed by atoms with Gasteiger partial charge in [0, 0.05) is 29.9 Å². The molecule has 1 heterocycles. The Morgan fingerprint density at radius 1 is 1.07 bits per heavy atom. The molecule has 0 aliphatic carbocycles. The second kappa shape index (κ2) is 8.69. The van der Waals surface area contributed by atoms with E-state index in [-0.39, 0.29) is 11.6 Å². The third-order valence-electron chi connectivity index (χ3n) is 4.51. The fraction of sp³-hybridized carbons (Fsp3) is 0.182. The molecule has 1 atom stereocenters. The maximum atomic E-state index is 13.3. The number of aromatic nitrogens is 2. The number of nitrogens with zero attached hydrogens (tertiary/aromatic N) is 2. The maximum Gasteiger partial charge on any atom is 0.267 e. The van der Waals surface area contributed by atoms with Crippen LogP contribution in [0.5, 0.6) is 0 Å². The van der Waals surface area contributed by atoms with E-state index in [2.05, 4.69) is 15.7 Å². The molecule has 2 N–H and O–H groups in total. The summed E-state index contributed by atoms with van der Waals surface area (Å²) in [6, 6.07) is 12.8. The Kier molecular flexibility index (Phi) is 6.06. The molecule has 2 amide bonds. The number of halogens is 1. The van der Waals surface area contributed by atoms with E-state index in [9.17, 15) is 18.8 Å². The van der Waals surface area contributed by atoms with Crippen LogP contribution in [0.15, 0.2) is 59.4 Å². The Balaban J connectivity index is 1.90. The van der Waals surface area contributed by atoms with Crippen LogP contribution in [0.2, 0.25) is 0 Å². The molecule has 3 aromatic rings. The van der Waals surface area contributed by atoms with Crippen LogP contribution < -0.4 is 16.2 Å². The number of hydrogen-bond acceptors (Lipinski definition) is 4. The van der Waals surface area contributed by atoms with Crippen molar-refractivity contribution >= 4 is 23.2 Å². The van der Waals surface area contributed by atoms with Gasteiger partial charge >= 0.3 is 0 Å². The number of carbonyl (C=O) groups is 2. The normalized spacial score (nSPS) is 11.6. The number of nitrogens with one attached hydrogen (secondary N) is 2. The van der Waals surface area contributed by atoms with Crippen LogP contribution in [0.3, 0.4) is 0 Å². The molecule has 30 heavy (non-hydrogen) atoms. The van der Waals surface area contributed by atoms with E-state index in [0.717, 1.165) is 10.2 Å². The summed E-state index contributed by atoms with van der Waals surface area (Å²) in [5.41, 5.74) is 2.49. The first kappa shape index (κ1) is 20.9. The summed E-state index contributed by atoms with van der Waals surface area (Å²) in [6.45, 7) is 4.82.